The van der Waals surface area contributed by atoms with Gasteiger partial charge in [-0.3, -0.25) is 0 Å². The minimum Gasteiger partial charge on any atom is -0.478 e. The van der Waals surface area contributed by atoms with Crippen LogP contribution in [0, 0.1) is 5.82 Å². The number of hydrogen-bond donors (Lipinski definition) is 2. The molecule has 3 nitrogen and oxygen atoms in total. The zero-order valence-electron chi connectivity index (χ0n) is 7.98. The van der Waals surface area contributed by atoms with Gasteiger partial charge < -0.3 is 10.2 Å². The number of aliphatic hydroxyl groups is 1. The number of carboxylic acids is 1. The average Bonchev–Trinajstić information content (AvgIpc) is 2.20. The Morgan fingerprint density at radius 1 is 1.47 bits per heavy atom. The van der Waals surface area contributed by atoms with Crippen molar-refractivity contribution in [3.05, 3.63) is 41.2 Å². The van der Waals surface area contributed by atoms with E-state index in [4.69, 9.17) is 10.2 Å². The third-order valence-corrected chi connectivity index (χ3v) is 1.85. The fraction of sp³-hybridized carbons (Fsp3) is 0.182. The van der Waals surface area contributed by atoms with Crippen LogP contribution in [-0.4, -0.2) is 22.8 Å². The van der Waals surface area contributed by atoms with Crippen molar-refractivity contribution in [3.8, 4) is 0 Å². The lowest BCUT2D eigenvalue weighted by Gasteiger charge is -2.00. The van der Waals surface area contributed by atoms with Crippen molar-refractivity contribution < 1.29 is 19.4 Å². The molecule has 0 spiro atoms. The molecular weight excluding hydrogens is 199 g/mol. The summed E-state index contributed by atoms with van der Waals surface area (Å²) in [6, 6.07) is 4.17. The molecule has 0 amide bonds. The summed E-state index contributed by atoms with van der Waals surface area (Å²) in [5.41, 5.74) is -0.135. The second kappa shape index (κ2) is 5.26. The molecule has 0 aliphatic carbocycles. The monoisotopic (exact) mass is 210 g/mol. The Bertz CT molecular complexity index is 385. The van der Waals surface area contributed by atoms with Gasteiger partial charge in [0, 0.05) is 12.2 Å². The normalized spacial score (nSPS) is 10.8. The quantitative estimate of drug-likeness (QED) is 0.798. The Kier molecular flexibility index (Phi) is 4.00. The Morgan fingerprint density at radius 2 is 2.20 bits per heavy atom. The number of carbonyl (C=O) groups is 1. The highest BCUT2D eigenvalue weighted by molar-refractivity contribution is 5.88. The van der Waals surface area contributed by atoms with Gasteiger partial charge in [-0.25, -0.2) is 9.18 Å². The van der Waals surface area contributed by atoms with E-state index >= 15 is 0 Å². The van der Waals surface area contributed by atoms with Crippen LogP contribution in [-0.2, 0) is 0 Å². The van der Waals surface area contributed by atoms with Crippen molar-refractivity contribution in [2.45, 2.75) is 6.42 Å². The largest absolute Gasteiger partial charge is 0.478 e. The molecule has 0 atom stereocenters. The molecule has 1 aromatic carbocycles. The van der Waals surface area contributed by atoms with Crippen LogP contribution in [0.4, 0.5) is 4.39 Å². The van der Waals surface area contributed by atoms with E-state index < -0.39 is 11.8 Å². The SMILES string of the molecule is O=C(O)c1cccc(C=CCCO)c1F. The molecule has 15 heavy (non-hydrogen) atoms. The van der Waals surface area contributed by atoms with Gasteiger partial charge in [0.25, 0.3) is 0 Å². The molecule has 0 saturated heterocycles. The number of aliphatic hydroxyl groups excluding tert-OH is 1. The fourth-order valence-electron chi connectivity index (χ4n) is 1.13. The van der Waals surface area contributed by atoms with Gasteiger partial charge in [-0.15, -0.1) is 0 Å². The van der Waals surface area contributed by atoms with Crippen LogP contribution in [0.3, 0.4) is 0 Å². The smallest absolute Gasteiger partial charge is 0.338 e. The van der Waals surface area contributed by atoms with Crippen LogP contribution in [0.15, 0.2) is 24.3 Å². The Hall–Kier alpha value is -1.68. The minimum absolute atomic E-state index is 0.0171. The second-order valence-electron chi connectivity index (χ2n) is 2.93. The number of halogens is 1. The van der Waals surface area contributed by atoms with Crippen LogP contribution in [0.1, 0.15) is 22.3 Å². The standard InChI is InChI=1S/C11H11FO3/c12-10-8(4-1-2-7-13)5-3-6-9(10)11(14)15/h1,3-6,13H,2,7H2,(H,14,15). The van der Waals surface area contributed by atoms with Gasteiger partial charge in [-0.2, -0.15) is 0 Å². The van der Waals surface area contributed by atoms with Gasteiger partial charge in [0.2, 0.25) is 0 Å². The Labute approximate surface area is 86.5 Å². The molecule has 80 valence electrons. The van der Waals surface area contributed by atoms with E-state index in [0.29, 0.717) is 6.42 Å². The summed E-state index contributed by atoms with van der Waals surface area (Å²) in [5, 5.41) is 17.2. The first-order valence-corrected chi connectivity index (χ1v) is 4.46. The summed E-state index contributed by atoms with van der Waals surface area (Å²) in [6.07, 6.45) is 3.46. The molecule has 1 aromatic rings. The molecular formula is C11H11FO3. The number of aromatic carboxylic acids is 1. The molecule has 0 aromatic heterocycles. The predicted octanol–water partition coefficient (Wildman–Crippen LogP) is 1.92. The van der Waals surface area contributed by atoms with E-state index in [2.05, 4.69) is 0 Å². The maximum absolute atomic E-state index is 13.5. The van der Waals surface area contributed by atoms with Crippen molar-refractivity contribution in [3.63, 3.8) is 0 Å². The topological polar surface area (TPSA) is 57.5 Å². The Balaban J connectivity index is 2.99. The van der Waals surface area contributed by atoms with E-state index in [-0.39, 0.29) is 17.7 Å². The van der Waals surface area contributed by atoms with Crippen LogP contribution in [0.25, 0.3) is 6.08 Å². The lowest BCUT2D eigenvalue weighted by Crippen LogP contribution is -2.01. The van der Waals surface area contributed by atoms with E-state index in [0.717, 1.165) is 0 Å². The number of benzene rings is 1. The molecule has 0 unspecified atom stereocenters. The molecule has 0 heterocycles. The molecule has 0 bridgehead atoms. The van der Waals surface area contributed by atoms with Crippen LogP contribution in [0.5, 0.6) is 0 Å². The van der Waals surface area contributed by atoms with Crippen molar-refractivity contribution in [1.82, 2.24) is 0 Å². The zero-order chi connectivity index (χ0) is 11.3. The van der Waals surface area contributed by atoms with Crippen LogP contribution >= 0.6 is 0 Å². The van der Waals surface area contributed by atoms with Crippen LogP contribution < -0.4 is 0 Å². The van der Waals surface area contributed by atoms with E-state index in [1.165, 1.54) is 24.3 Å². The van der Waals surface area contributed by atoms with Gasteiger partial charge >= 0.3 is 5.97 Å². The molecule has 4 heteroatoms. The fourth-order valence-corrected chi connectivity index (χ4v) is 1.13. The van der Waals surface area contributed by atoms with Crippen molar-refractivity contribution in [2.75, 3.05) is 6.61 Å². The van der Waals surface area contributed by atoms with Crippen molar-refractivity contribution in [1.29, 1.82) is 0 Å². The summed E-state index contributed by atoms with van der Waals surface area (Å²) >= 11 is 0. The van der Waals surface area contributed by atoms with Gasteiger partial charge in [-0.05, 0) is 12.5 Å². The molecule has 0 aliphatic rings. The lowest BCUT2D eigenvalue weighted by molar-refractivity contribution is 0.0692. The highest BCUT2D eigenvalue weighted by atomic mass is 19.1. The van der Waals surface area contributed by atoms with E-state index in [1.54, 1.807) is 6.08 Å². The summed E-state index contributed by atoms with van der Waals surface area (Å²) in [4.78, 5) is 10.6. The molecule has 0 fully saturated rings. The zero-order valence-corrected chi connectivity index (χ0v) is 7.98. The average molecular weight is 210 g/mol. The highest BCUT2D eigenvalue weighted by Crippen LogP contribution is 2.14. The van der Waals surface area contributed by atoms with E-state index in [1.807, 2.05) is 0 Å². The second-order valence-corrected chi connectivity index (χ2v) is 2.93. The highest BCUT2D eigenvalue weighted by Gasteiger charge is 2.11. The van der Waals surface area contributed by atoms with Crippen molar-refractivity contribution in [2.24, 2.45) is 0 Å². The van der Waals surface area contributed by atoms with Gasteiger partial charge in [0.1, 0.15) is 5.82 Å². The maximum Gasteiger partial charge on any atom is 0.338 e. The lowest BCUT2D eigenvalue weighted by atomic mass is 10.1. The third kappa shape index (κ3) is 2.89. The van der Waals surface area contributed by atoms with Gasteiger partial charge in [0.15, 0.2) is 0 Å². The third-order valence-electron chi connectivity index (χ3n) is 1.85. The Morgan fingerprint density at radius 3 is 2.80 bits per heavy atom. The summed E-state index contributed by atoms with van der Waals surface area (Å²) < 4.78 is 13.5. The molecule has 0 saturated carbocycles. The molecule has 0 aliphatic heterocycles. The first kappa shape index (κ1) is 11.4. The molecule has 0 radical (unpaired) electrons. The van der Waals surface area contributed by atoms with Gasteiger partial charge in [0.05, 0.1) is 5.56 Å². The number of rotatable bonds is 4. The van der Waals surface area contributed by atoms with Crippen LogP contribution in [0.2, 0.25) is 0 Å². The number of hydrogen-bond acceptors (Lipinski definition) is 2. The molecule has 2 N–H and O–H groups in total. The first-order valence-electron chi connectivity index (χ1n) is 4.46. The predicted molar refractivity (Wildman–Crippen MR) is 54.1 cm³/mol. The summed E-state index contributed by atoms with van der Waals surface area (Å²) in [6.45, 7) is -0.0171. The minimum atomic E-state index is -1.29. The molecule has 1 rings (SSSR count). The summed E-state index contributed by atoms with van der Waals surface area (Å²) in [5.74, 6) is -2.04. The summed E-state index contributed by atoms with van der Waals surface area (Å²) in [7, 11) is 0. The van der Waals surface area contributed by atoms with Gasteiger partial charge in [-0.1, -0.05) is 24.3 Å². The maximum atomic E-state index is 13.5. The van der Waals surface area contributed by atoms with Crippen molar-refractivity contribution >= 4 is 12.0 Å². The number of carboxylic acid groups (broad SMARTS) is 1. The van der Waals surface area contributed by atoms with E-state index in [9.17, 15) is 9.18 Å². The first-order chi connectivity index (χ1) is 7.16.